The number of hydrogen-bond donors (Lipinski definition) is 1. The van der Waals surface area contributed by atoms with Crippen LogP contribution < -0.4 is 5.32 Å². The van der Waals surface area contributed by atoms with E-state index >= 15 is 0 Å². The van der Waals surface area contributed by atoms with Crippen LogP contribution in [0.15, 0.2) is 34.9 Å². The second-order valence-electron chi connectivity index (χ2n) is 4.10. The number of carbonyl (C=O) groups is 1. The van der Waals surface area contributed by atoms with Crippen LogP contribution in [0.5, 0.6) is 0 Å². The van der Waals surface area contributed by atoms with Crippen LogP contribution in [0.4, 0.5) is 5.13 Å². The third-order valence-corrected chi connectivity index (χ3v) is 5.01. The Kier molecular flexibility index (Phi) is 6.23. The molecular formula is C14H12BrN3OS2. The number of nitrogens with zero attached hydrogens (tertiary/aromatic N) is 2. The number of hydrogen-bond acceptors (Lipinski definition) is 5. The van der Waals surface area contributed by atoms with Crippen LogP contribution in [0, 0.1) is 11.3 Å². The van der Waals surface area contributed by atoms with Gasteiger partial charge in [-0.15, -0.1) is 23.1 Å². The predicted octanol–water partition coefficient (Wildman–Crippen LogP) is 3.69. The van der Waals surface area contributed by atoms with E-state index in [1.165, 1.54) is 28.7 Å². The number of aromatic nitrogens is 1. The lowest BCUT2D eigenvalue weighted by Crippen LogP contribution is -2.13. The summed E-state index contributed by atoms with van der Waals surface area (Å²) in [7, 11) is 0. The van der Waals surface area contributed by atoms with E-state index in [2.05, 4.69) is 32.3 Å². The van der Waals surface area contributed by atoms with Crippen molar-refractivity contribution in [3.8, 4) is 6.07 Å². The number of anilines is 1. The molecule has 0 radical (unpaired) electrons. The molecule has 1 amide bonds. The Morgan fingerprint density at radius 3 is 3.05 bits per heavy atom. The van der Waals surface area contributed by atoms with Gasteiger partial charge in [0.1, 0.15) is 0 Å². The van der Waals surface area contributed by atoms with Crippen molar-refractivity contribution in [2.75, 3.05) is 16.8 Å². The van der Waals surface area contributed by atoms with E-state index in [1.807, 2.05) is 24.3 Å². The molecule has 1 aromatic heterocycles. The number of rotatable bonds is 6. The highest BCUT2D eigenvalue weighted by Crippen LogP contribution is 2.24. The zero-order chi connectivity index (χ0) is 15.1. The van der Waals surface area contributed by atoms with Crippen LogP contribution in [0.3, 0.4) is 0 Å². The minimum atomic E-state index is -0.128. The molecule has 2 rings (SSSR count). The molecule has 21 heavy (non-hydrogen) atoms. The fourth-order valence-electron chi connectivity index (χ4n) is 1.62. The monoisotopic (exact) mass is 381 g/mol. The predicted molar refractivity (Wildman–Crippen MR) is 90.6 cm³/mol. The molecule has 0 aliphatic heterocycles. The molecule has 7 heteroatoms. The van der Waals surface area contributed by atoms with Crippen molar-refractivity contribution in [3.63, 3.8) is 0 Å². The second-order valence-corrected chi connectivity index (χ2v) is 7.05. The van der Waals surface area contributed by atoms with Crippen molar-refractivity contribution in [2.24, 2.45) is 0 Å². The van der Waals surface area contributed by atoms with Gasteiger partial charge in [0, 0.05) is 22.0 Å². The molecule has 4 nitrogen and oxygen atoms in total. The Bertz CT molecular complexity index is 666. The summed E-state index contributed by atoms with van der Waals surface area (Å²) in [6, 6.07) is 10.0. The SMILES string of the molecule is N#CCSCC(=O)Nc1ncc(Cc2ccccc2Br)s1. The third-order valence-electron chi connectivity index (χ3n) is 2.52. The topological polar surface area (TPSA) is 65.8 Å². The lowest BCUT2D eigenvalue weighted by atomic mass is 10.1. The van der Waals surface area contributed by atoms with Crippen LogP contribution >= 0.6 is 39.0 Å². The van der Waals surface area contributed by atoms with Gasteiger partial charge >= 0.3 is 0 Å². The summed E-state index contributed by atoms with van der Waals surface area (Å²) in [5, 5.41) is 11.8. The average molecular weight is 382 g/mol. The van der Waals surface area contributed by atoms with Gasteiger partial charge in [-0.25, -0.2) is 4.98 Å². The number of carbonyl (C=O) groups excluding carboxylic acids is 1. The van der Waals surface area contributed by atoms with Crippen LogP contribution in [-0.4, -0.2) is 22.4 Å². The minimum absolute atomic E-state index is 0.128. The van der Waals surface area contributed by atoms with Gasteiger partial charge in [0.2, 0.25) is 5.91 Å². The first-order valence-electron chi connectivity index (χ1n) is 6.11. The van der Waals surface area contributed by atoms with Gasteiger partial charge in [0.15, 0.2) is 5.13 Å². The zero-order valence-electron chi connectivity index (χ0n) is 11.0. The number of nitrogens with one attached hydrogen (secondary N) is 1. The number of halogens is 1. The molecule has 0 aliphatic rings. The molecule has 0 fully saturated rings. The van der Waals surface area contributed by atoms with E-state index in [-0.39, 0.29) is 11.7 Å². The highest BCUT2D eigenvalue weighted by molar-refractivity contribution is 9.10. The molecule has 0 unspecified atom stereocenters. The Labute approximate surface area is 139 Å². The first-order valence-corrected chi connectivity index (χ1v) is 8.88. The molecular weight excluding hydrogens is 370 g/mol. The summed E-state index contributed by atoms with van der Waals surface area (Å²) in [5.74, 6) is 0.461. The summed E-state index contributed by atoms with van der Waals surface area (Å²) in [6.45, 7) is 0. The number of thioether (sulfide) groups is 1. The van der Waals surface area contributed by atoms with Crippen molar-refractivity contribution in [2.45, 2.75) is 6.42 Å². The Hall–Kier alpha value is -1.36. The summed E-state index contributed by atoms with van der Waals surface area (Å²) in [6.07, 6.45) is 2.56. The molecule has 1 aromatic carbocycles. The summed E-state index contributed by atoms with van der Waals surface area (Å²) >= 11 is 6.28. The number of nitriles is 1. The largest absolute Gasteiger partial charge is 0.301 e. The molecule has 0 saturated heterocycles. The maximum absolute atomic E-state index is 11.6. The fourth-order valence-corrected chi connectivity index (χ4v) is 3.35. The van der Waals surface area contributed by atoms with E-state index in [9.17, 15) is 4.79 Å². The first-order chi connectivity index (χ1) is 10.2. The van der Waals surface area contributed by atoms with Gasteiger partial charge in [0.25, 0.3) is 0 Å². The van der Waals surface area contributed by atoms with Gasteiger partial charge in [-0.1, -0.05) is 34.1 Å². The highest BCUT2D eigenvalue weighted by Gasteiger charge is 2.08. The molecule has 0 saturated carbocycles. The summed E-state index contributed by atoms with van der Waals surface area (Å²) < 4.78 is 1.07. The lowest BCUT2D eigenvalue weighted by Gasteiger charge is -2.01. The van der Waals surface area contributed by atoms with Gasteiger partial charge in [0.05, 0.1) is 17.6 Å². The maximum Gasteiger partial charge on any atom is 0.236 e. The molecule has 1 N–H and O–H groups in total. The Morgan fingerprint density at radius 1 is 1.48 bits per heavy atom. The van der Waals surface area contributed by atoms with Crippen molar-refractivity contribution >= 4 is 50.1 Å². The number of benzene rings is 1. The van der Waals surface area contributed by atoms with Gasteiger partial charge in [-0.05, 0) is 11.6 Å². The maximum atomic E-state index is 11.6. The normalized spacial score (nSPS) is 10.1. The number of amides is 1. The molecule has 0 aliphatic carbocycles. The van der Waals surface area contributed by atoms with Crippen molar-refractivity contribution in [1.29, 1.82) is 5.26 Å². The Morgan fingerprint density at radius 2 is 2.29 bits per heavy atom. The fraction of sp³-hybridized carbons (Fsp3) is 0.214. The van der Waals surface area contributed by atoms with E-state index < -0.39 is 0 Å². The Balaban J connectivity index is 1.91. The van der Waals surface area contributed by atoms with E-state index in [4.69, 9.17) is 5.26 Å². The summed E-state index contributed by atoms with van der Waals surface area (Å²) in [4.78, 5) is 16.9. The van der Waals surface area contributed by atoms with Crippen LogP contribution in [0.2, 0.25) is 0 Å². The van der Waals surface area contributed by atoms with Gasteiger partial charge in [-0.3, -0.25) is 4.79 Å². The van der Waals surface area contributed by atoms with Gasteiger partial charge in [-0.2, -0.15) is 5.26 Å². The molecule has 0 bridgehead atoms. The smallest absolute Gasteiger partial charge is 0.236 e. The van der Waals surface area contributed by atoms with Crippen LogP contribution in [0.25, 0.3) is 0 Å². The molecule has 1 heterocycles. The van der Waals surface area contributed by atoms with Gasteiger partial charge < -0.3 is 5.32 Å². The van der Waals surface area contributed by atoms with Crippen LogP contribution in [-0.2, 0) is 11.2 Å². The quantitative estimate of drug-likeness (QED) is 0.774. The molecule has 2 aromatic rings. The highest BCUT2D eigenvalue weighted by atomic mass is 79.9. The zero-order valence-corrected chi connectivity index (χ0v) is 14.2. The van der Waals surface area contributed by atoms with E-state index in [1.54, 1.807) is 6.20 Å². The van der Waals surface area contributed by atoms with Crippen LogP contribution in [0.1, 0.15) is 10.4 Å². The summed E-state index contributed by atoms with van der Waals surface area (Å²) in [5.41, 5.74) is 1.18. The minimum Gasteiger partial charge on any atom is -0.301 e. The average Bonchev–Trinajstić information content (AvgIpc) is 2.89. The number of thiazole rings is 1. The van der Waals surface area contributed by atoms with Crippen molar-refractivity contribution in [1.82, 2.24) is 4.98 Å². The van der Waals surface area contributed by atoms with E-state index in [0.717, 1.165) is 15.8 Å². The third kappa shape index (κ3) is 5.16. The lowest BCUT2D eigenvalue weighted by molar-refractivity contribution is -0.113. The molecule has 0 atom stereocenters. The standard InChI is InChI=1S/C14H12BrN3OS2/c15-12-4-2-1-3-10(12)7-11-8-17-14(21-11)18-13(19)9-20-6-5-16/h1-4,8H,6-7,9H2,(H,17,18,19). The second kappa shape index (κ2) is 8.17. The van der Waals surface area contributed by atoms with E-state index in [0.29, 0.717) is 10.9 Å². The van der Waals surface area contributed by atoms with Crippen molar-refractivity contribution < 1.29 is 4.79 Å². The molecule has 0 spiro atoms. The molecule has 108 valence electrons. The van der Waals surface area contributed by atoms with Crippen molar-refractivity contribution in [3.05, 3.63) is 45.4 Å². The first kappa shape index (κ1) is 16.0.